The number of phenolic OH excluding ortho intramolecular Hbond substituents is 1. The fraction of sp³-hybridized carbons (Fsp3) is 0.400. The van der Waals surface area contributed by atoms with Crippen molar-refractivity contribution in [2.24, 2.45) is 5.16 Å². The predicted octanol–water partition coefficient (Wildman–Crippen LogP) is 4.18. The zero-order chi connectivity index (χ0) is 24.6. The molecule has 0 aromatic heterocycles. The van der Waals surface area contributed by atoms with E-state index in [-0.39, 0.29) is 23.5 Å². The molecule has 2 N–H and O–H groups in total. The Morgan fingerprint density at radius 3 is 2.50 bits per heavy atom. The van der Waals surface area contributed by atoms with Crippen molar-refractivity contribution >= 4 is 28.6 Å². The Hall–Kier alpha value is -3.20. The van der Waals surface area contributed by atoms with E-state index in [4.69, 9.17) is 14.3 Å². The maximum Gasteiger partial charge on any atom is 0.286 e. The molecule has 0 aliphatic carbocycles. The van der Waals surface area contributed by atoms with E-state index in [0.717, 1.165) is 34.0 Å². The number of hydrogen-bond acceptors (Lipinski definition) is 8. The lowest BCUT2D eigenvalue weighted by Gasteiger charge is -2.37. The molecule has 8 nitrogen and oxygen atoms in total. The third-order valence-corrected chi connectivity index (χ3v) is 7.23. The van der Waals surface area contributed by atoms with Crippen molar-refractivity contribution in [1.82, 2.24) is 5.32 Å². The second-order valence-corrected chi connectivity index (χ2v) is 10.1. The van der Waals surface area contributed by atoms with E-state index in [9.17, 15) is 14.7 Å². The molecular formula is C25H28N2O6S. The van der Waals surface area contributed by atoms with E-state index in [1.807, 2.05) is 52.0 Å². The van der Waals surface area contributed by atoms with Crippen LogP contribution in [0.4, 0.5) is 4.79 Å². The molecule has 2 atom stereocenters. The number of carbonyl (C=O) groups is 2. The second kappa shape index (κ2) is 9.21. The van der Waals surface area contributed by atoms with Crippen molar-refractivity contribution in [2.75, 3.05) is 13.7 Å². The normalized spacial score (nSPS) is 22.9. The number of nitrogens with one attached hydrogen (secondary N) is 1. The molecule has 2 aliphatic rings. The van der Waals surface area contributed by atoms with Gasteiger partial charge in [0, 0.05) is 17.5 Å². The van der Waals surface area contributed by atoms with Gasteiger partial charge in [-0.25, -0.2) is 0 Å². The third-order valence-electron chi connectivity index (χ3n) is 6.25. The first-order chi connectivity index (χ1) is 16.1. The maximum absolute atomic E-state index is 11.8. The topological polar surface area (TPSA) is 106 Å². The zero-order valence-corrected chi connectivity index (χ0v) is 20.7. The number of benzene rings is 2. The van der Waals surface area contributed by atoms with Crippen LogP contribution in [0.5, 0.6) is 17.2 Å². The Kier molecular flexibility index (Phi) is 6.49. The average molecular weight is 485 g/mol. The summed E-state index contributed by atoms with van der Waals surface area (Å²) in [5, 5.41) is 16.4. The highest BCUT2D eigenvalue weighted by molar-refractivity contribution is 8.15. The van der Waals surface area contributed by atoms with Crippen LogP contribution in [0, 0.1) is 20.8 Å². The number of aromatic hydroxyl groups is 1. The summed E-state index contributed by atoms with van der Waals surface area (Å²) < 4.78 is 12.5. The van der Waals surface area contributed by atoms with Crippen LogP contribution < -0.4 is 14.8 Å². The molecule has 2 aromatic carbocycles. The summed E-state index contributed by atoms with van der Waals surface area (Å²) >= 11 is 1.02. The molecule has 180 valence electrons. The summed E-state index contributed by atoms with van der Waals surface area (Å²) in [6, 6.07) is 7.47. The van der Waals surface area contributed by atoms with Gasteiger partial charge in [-0.1, -0.05) is 29.1 Å². The lowest BCUT2D eigenvalue weighted by Crippen LogP contribution is -2.45. The number of fused-ring (bicyclic) bond motifs is 1. The van der Waals surface area contributed by atoms with Gasteiger partial charge in [0.25, 0.3) is 5.24 Å². The highest BCUT2D eigenvalue weighted by atomic mass is 32.2. The quantitative estimate of drug-likeness (QED) is 0.593. The maximum atomic E-state index is 11.8. The third kappa shape index (κ3) is 4.57. The average Bonchev–Trinajstić information content (AvgIpc) is 3.12. The van der Waals surface area contributed by atoms with Gasteiger partial charge in [-0.05, 0) is 62.9 Å². The molecule has 4 rings (SSSR count). The molecule has 34 heavy (non-hydrogen) atoms. The SMILES string of the molecule is CO/N=C1\CC(C)(COc2ccc(CC3SC(=O)NC3=O)cc2)Oc2c(C)c(C)c(O)c(C)c21. The van der Waals surface area contributed by atoms with Crippen LogP contribution >= 0.6 is 11.8 Å². The number of nitrogens with zero attached hydrogens (tertiary/aromatic N) is 1. The summed E-state index contributed by atoms with van der Waals surface area (Å²) in [4.78, 5) is 28.3. The van der Waals surface area contributed by atoms with Crippen LogP contribution in [0.15, 0.2) is 29.4 Å². The van der Waals surface area contributed by atoms with Crippen molar-refractivity contribution in [3.63, 3.8) is 0 Å². The smallest absolute Gasteiger partial charge is 0.286 e. The summed E-state index contributed by atoms with van der Waals surface area (Å²) in [5.41, 5.74) is 4.03. The molecule has 9 heteroatoms. The number of amides is 2. The van der Waals surface area contributed by atoms with Crippen LogP contribution in [-0.2, 0) is 16.1 Å². The van der Waals surface area contributed by atoms with Crippen LogP contribution in [0.25, 0.3) is 0 Å². The van der Waals surface area contributed by atoms with E-state index in [1.165, 1.54) is 7.11 Å². The van der Waals surface area contributed by atoms with E-state index in [2.05, 4.69) is 10.5 Å². The number of oxime groups is 1. The van der Waals surface area contributed by atoms with Gasteiger partial charge in [-0.2, -0.15) is 0 Å². The van der Waals surface area contributed by atoms with Crippen molar-refractivity contribution in [2.45, 2.75) is 51.4 Å². The minimum Gasteiger partial charge on any atom is -0.507 e. The minimum absolute atomic E-state index is 0.237. The summed E-state index contributed by atoms with van der Waals surface area (Å²) in [7, 11) is 1.50. The molecule has 1 saturated heterocycles. The highest BCUT2D eigenvalue weighted by Crippen LogP contribution is 2.43. The lowest BCUT2D eigenvalue weighted by atomic mass is 9.86. The van der Waals surface area contributed by atoms with Gasteiger partial charge in [-0.15, -0.1) is 0 Å². The first kappa shape index (κ1) is 23.9. The van der Waals surface area contributed by atoms with Crippen molar-refractivity contribution in [3.8, 4) is 17.2 Å². The van der Waals surface area contributed by atoms with Gasteiger partial charge < -0.3 is 19.4 Å². The molecule has 2 aromatic rings. The molecule has 2 heterocycles. The van der Waals surface area contributed by atoms with Crippen molar-refractivity contribution in [1.29, 1.82) is 0 Å². The van der Waals surface area contributed by atoms with E-state index in [0.29, 0.717) is 35.6 Å². The monoisotopic (exact) mass is 484 g/mol. The molecule has 2 amide bonds. The van der Waals surface area contributed by atoms with Gasteiger partial charge in [0.15, 0.2) is 0 Å². The molecule has 0 spiro atoms. The summed E-state index contributed by atoms with van der Waals surface area (Å²) in [6.07, 6.45) is 0.915. The van der Waals surface area contributed by atoms with Gasteiger partial charge in [0.05, 0.1) is 11.0 Å². The number of imide groups is 1. The second-order valence-electron chi connectivity index (χ2n) is 8.90. The predicted molar refractivity (Wildman–Crippen MR) is 130 cm³/mol. The fourth-order valence-electron chi connectivity index (χ4n) is 4.27. The van der Waals surface area contributed by atoms with Gasteiger partial charge in [0.2, 0.25) is 5.91 Å². The van der Waals surface area contributed by atoms with E-state index >= 15 is 0 Å². The Bertz CT molecular complexity index is 1180. The van der Waals surface area contributed by atoms with Gasteiger partial charge in [0.1, 0.15) is 36.6 Å². The molecular weight excluding hydrogens is 456 g/mol. The summed E-state index contributed by atoms with van der Waals surface area (Å²) in [5.74, 6) is 1.33. The first-order valence-corrected chi connectivity index (χ1v) is 11.8. The Balaban J connectivity index is 1.50. The van der Waals surface area contributed by atoms with Gasteiger partial charge >= 0.3 is 0 Å². The number of ether oxygens (including phenoxy) is 2. The standard InChI is InChI=1S/C25H28N2O6S/c1-13-14(2)22-20(15(3)21(13)28)18(27-31-5)11-25(4,33-22)12-32-17-8-6-16(7-9-17)10-19-23(29)26-24(30)34-19/h6-9,19,28H,10-12H2,1-5H3,(H,26,29,30)/b27-18+. The van der Waals surface area contributed by atoms with Gasteiger partial charge in [-0.3, -0.25) is 14.9 Å². The Morgan fingerprint density at radius 2 is 1.88 bits per heavy atom. The largest absolute Gasteiger partial charge is 0.507 e. The highest BCUT2D eigenvalue weighted by Gasteiger charge is 2.39. The Labute approximate surface area is 202 Å². The number of rotatable bonds is 6. The number of hydrogen-bond donors (Lipinski definition) is 2. The fourth-order valence-corrected chi connectivity index (χ4v) is 5.13. The molecule has 1 fully saturated rings. The van der Waals surface area contributed by atoms with Crippen molar-refractivity contribution < 1.29 is 29.0 Å². The molecule has 0 bridgehead atoms. The summed E-state index contributed by atoms with van der Waals surface area (Å²) in [6.45, 7) is 7.85. The number of thioether (sulfide) groups is 1. The molecule has 2 unspecified atom stereocenters. The zero-order valence-electron chi connectivity index (χ0n) is 19.9. The van der Waals surface area contributed by atoms with Crippen LogP contribution in [0.2, 0.25) is 0 Å². The van der Waals surface area contributed by atoms with Crippen LogP contribution in [-0.4, -0.2) is 46.5 Å². The number of carbonyl (C=O) groups excluding carboxylic acids is 2. The van der Waals surface area contributed by atoms with Crippen LogP contribution in [0.3, 0.4) is 0 Å². The number of phenols is 1. The Morgan fingerprint density at radius 1 is 1.18 bits per heavy atom. The molecule has 0 saturated carbocycles. The minimum atomic E-state index is -0.706. The van der Waals surface area contributed by atoms with Crippen LogP contribution in [0.1, 0.15) is 41.2 Å². The van der Waals surface area contributed by atoms with E-state index < -0.39 is 10.9 Å². The lowest BCUT2D eigenvalue weighted by molar-refractivity contribution is -0.118. The van der Waals surface area contributed by atoms with E-state index in [1.54, 1.807) is 0 Å². The van der Waals surface area contributed by atoms with Crippen molar-refractivity contribution in [3.05, 3.63) is 52.1 Å². The first-order valence-electron chi connectivity index (χ1n) is 11.0. The molecule has 2 aliphatic heterocycles. The molecule has 0 radical (unpaired) electrons.